The smallest absolute Gasteiger partial charge is 0.166 e. The van der Waals surface area contributed by atoms with Crippen LogP contribution in [0.25, 0.3) is 0 Å². The average molecular weight is 287 g/mol. The van der Waals surface area contributed by atoms with Gasteiger partial charge < -0.3 is 14.8 Å². The normalized spacial score (nSPS) is 14.8. The Balaban J connectivity index is 2.03. The van der Waals surface area contributed by atoms with Crippen LogP contribution in [0.1, 0.15) is 24.1 Å². The van der Waals surface area contributed by atoms with E-state index in [0.29, 0.717) is 13.2 Å². The third kappa shape index (κ3) is 2.85. The van der Waals surface area contributed by atoms with E-state index in [4.69, 9.17) is 9.47 Å². The minimum Gasteiger partial charge on any atom is -0.486 e. The van der Waals surface area contributed by atoms with Crippen LogP contribution >= 0.6 is 0 Å². The highest BCUT2D eigenvalue weighted by Crippen LogP contribution is 2.39. The summed E-state index contributed by atoms with van der Waals surface area (Å²) >= 11 is 0. The van der Waals surface area contributed by atoms with E-state index in [1.165, 1.54) is 12.1 Å². The summed E-state index contributed by atoms with van der Waals surface area (Å²) < 4.78 is 24.6. The van der Waals surface area contributed by atoms with Crippen molar-refractivity contribution in [1.82, 2.24) is 5.32 Å². The third-order valence-electron chi connectivity index (χ3n) is 3.52. The van der Waals surface area contributed by atoms with Crippen LogP contribution in [-0.2, 0) is 0 Å². The van der Waals surface area contributed by atoms with Crippen molar-refractivity contribution >= 4 is 0 Å². The van der Waals surface area contributed by atoms with E-state index in [0.717, 1.165) is 29.2 Å². The van der Waals surface area contributed by atoms with Crippen molar-refractivity contribution in [1.29, 1.82) is 0 Å². The van der Waals surface area contributed by atoms with Crippen LogP contribution in [0.2, 0.25) is 0 Å². The molecule has 1 N–H and O–H groups in total. The lowest BCUT2D eigenvalue weighted by atomic mass is 9.97. The van der Waals surface area contributed by atoms with Crippen molar-refractivity contribution < 1.29 is 13.9 Å². The minimum atomic E-state index is -0.233. The molecule has 0 saturated heterocycles. The second-order valence-electron chi connectivity index (χ2n) is 4.91. The molecule has 2 aromatic carbocycles. The minimum absolute atomic E-state index is 0.0488. The molecule has 2 aromatic rings. The molecule has 1 aliphatic heterocycles. The molecule has 0 aromatic heterocycles. The summed E-state index contributed by atoms with van der Waals surface area (Å²) in [5, 5.41) is 3.43. The average Bonchev–Trinajstić information content (AvgIpc) is 2.53. The predicted molar refractivity (Wildman–Crippen MR) is 79.4 cm³/mol. The first-order valence-electron chi connectivity index (χ1n) is 7.17. The summed E-state index contributed by atoms with van der Waals surface area (Å²) in [6.07, 6.45) is 0. The van der Waals surface area contributed by atoms with Crippen molar-refractivity contribution in [3.05, 3.63) is 59.4 Å². The lowest BCUT2D eigenvalue weighted by Gasteiger charge is -2.26. The van der Waals surface area contributed by atoms with Crippen molar-refractivity contribution in [3.63, 3.8) is 0 Å². The first-order chi connectivity index (χ1) is 10.3. The van der Waals surface area contributed by atoms with Gasteiger partial charge in [-0.05, 0) is 30.3 Å². The topological polar surface area (TPSA) is 30.5 Å². The van der Waals surface area contributed by atoms with Gasteiger partial charge in [-0.1, -0.05) is 31.2 Å². The van der Waals surface area contributed by atoms with Crippen LogP contribution in [0.3, 0.4) is 0 Å². The zero-order valence-corrected chi connectivity index (χ0v) is 11.9. The molecule has 0 spiro atoms. The van der Waals surface area contributed by atoms with E-state index >= 15 is 0 Å². The van der Waals surface area contributed by atoms with Crippen LogP contribution in [0.15, 0.2) is 42.5 Å². The van der Waals surface area contributed by atoms with Crippen LogP contribution in [0.5, 0.6) is 11.5 Å². The van der Waals surface area contributed by atoms with Crippen LogP contribution in [0.4, 0.5) is 4.39 Å². The Bertz CT molecular complexity index is 613. The van der Waals surface area contributed by atoms with Gasteiger partial charge in [-0.3, -0.25) is 0 Å². The Labute approximate surface area is 123 Å². The molecule has 0 aliphatic carbocycles. The Hall–Kier alpha value is -2.07. The van der Waals surface area contributed by atoms with Gasteiger partial charge in [-0.25, -0.2) is 4.39 Å². The zero-order valence-electron chi connectivity index (χ0n) is 11.9. The van der Waals surface area contributed by atoms with Gasteiger partial charge in [-0.15, -0.1) is 0 Å². The molecule has 3 nitrogen and oxygen atoms in total. The molecule has 1 heterocycles. The molecular formula is C17H18FNO2. The molecule has 1 unspecified atom stereocenters. The first kappa shape index (κ1) is 13.9. The number of halogens is 1. The number of fused-ring (bicyclic) bond motifs is 1. The number of hydrogen-bond donors (Lipinski definition) is 1. The maximum absolute atomic E-state index is 13.1. The summed E-state index contributed by atoms with van der Waals surface area (Å²) in [5.74, 6) is 1.31. The van der Waals surface area contributed by atoms with Gasteiger partial charge in [0.1, 0.15) is 19.0 Å². The van der Waals surface area contributed by atoms with Crippen molar-refractivity contribution in [2.24, 2.45) is 0 Å². The predicted octanol–water partition coefficient (Wildman–Crippen LogP) is 3.30. The Kier molecular flexibility index (Phi) is 4.06. The fourth-order valence-electron chi connectivity index (χ4n) is 2.59. The fraction of sp³-hybridized carbons (Fsp3) is 0.294. The standard InChI is InChI=1S/C17H18FNO2/c1-2-19-16(12-6-8-13(18)9-7-12)14-4-3-5-15-17(14)21-11-10-20-15/h3-9,16,19H,2,10-11H2,1H3. The number of ether oxygens (including phenoxy) is 2. The molecule has 0 bridgehead atoms. The van der Waals surface area contributed by atoms with Crippen molar-refractivity contribution in [3.8, 4) is 11.5 Å². The second kappa shape index (κ2) is 6.14. The summed E-state index contributed by atoms with van der Waals surface area (Å²) in [6, 6.07) is 12.4. The molecule has 0 radical (unpaired) electrons. The molecule has 0 saturated carbocycles. The van der Waals surface area contributed by atoms with E-state index in [1.54, 1.807) is 12.1 Å². The maximum atomic E-state index is 13.1. The Morgan fingerprint density at radius 3 is 2.62 bits per heavy atom. The highest BCUT2D eigenvalue weighted by molar-refractivity contribution is 5.51. The quantitative estimate of drug-likeness (QED) is 0.936. The molecular weight excluding hydrogens is 269 g/mol. The molecule has 0 fully saturated rings. The zero-order chi connectivity index (χ0) is 14.7. The lowest BCUT2D eigenvalue weighted by Crippen LogP contribution is -2.24. The molecule has 4 heteroatoms. The third-order valence-corrected chi connectivity index (χ3v) is 3.52. The Morgan fingerprint density at radius 1 is 1.10 bits per heavy atom. The number of benzene rings is 2. The monoisotopic (exact) mass is 287 g/mol. The molecule has 1 aliphatic rings. The number of nitrogens with one attached hydrogen (secondary N) is 1. The second-order valence-corrected chi connectivity index (χ2v) is 4.91. The van der Waals surface area contributed by atoms with Crippen LogP contribution in [0, 0.1) is 5.82 Å². The Morgan fingerprint density at radius 2 is 1.86 bits per heavy atom. The van der Waals surface area contributed by atoms with Gasteiger partial charge in [0.05, 0.1) is 6.04 Å². The fourth-order valence-corrected chi connectivity index (χ4v) is 2.59. The highest BCUT2D eigenvalue weighted by atomic mass is 19.1. The van der Waals surface area contributed by atoms with E-state index in [-0.39, 0.29) is 11.9 Å². The van der Waals surface area contributed by atoms with Gasteiger partial charge in [0.2, 0.25) is 0 Å². The van der Waals surface area contributed by atoms with Gasteiger partial charge in [0.15, 0.2) is 11.5 Å². The summed E-state index contributed by atoms with van der Waals surface area (Å²) in [7, 11) is 0. The number of para-hydroxylation sites is 1. The van der Waals surface area contributed by atoms with E-state index < -0.39 is 0 Å². The molecule has 1 atom stereocenters. The number of hydrogen-bond acceptors (Lipinski definition) is 3. The molecule has 110 valence electrons. The summed E-state index contributed by atoms with van der Waals surface area (Å²) in [6.45, 7) is 3.96. The van der Waals surface area contributed by atoms with Crippen molar-refractivity contribution in [2.75, 3.05) is 19.8 Å². The van der Waals surface area contributed by atoms with Crippen LogP contribution in [-0.4, -0.2) is 19.8 Å². The summed E-state index contributed by atoms with van der Waals surface area (Å²) in [5.41, 5.74) is 2.02. The number of rotatable bonds is 4. The van der Waals surface area contributed by atoms with Gasteiger partial charge in [0.25, 0.3) is 0 Å². The largest absolute Gasteiger partial charge is 0.486 e. The van der Waals surface area contributed by atoms with Crippen molar-refractivity contribution in [2.45, 2.75) is 13.0 Å². The highest BCUT2D eigenvalue weighted by Gasteiger charge is 2.22. The lowest BCUT2D eigenvalue weighted by molar-refractivity contribution is 0.169. The van der Waals surface area contributed by atoms with Gasteiger partial charge in [-0.2, -0.15) is 0 Å². The first-order valence-corrected chi connectivity index (χ1v) is 7.17. The van der Waals surface area contributed by atoms with Crippen LogP contribution < -0.4 is 14.8 Å². The van der Waals surface area contributed by atoms with Gasteiger partial charge >= 0.3 is 0 Å². The van der Waals surface area contributed by atoms with E-state index in [9.17, 15) is 4.39 Å². The molecule has 21 heavy (non-hydrogen) atoms. The van der Waals surface area contributed by atoms with Gasteiger partial charge in [0, 0.05) is 5.56 Å². The summed E-state index contributed by atoms with van der Waals surface area (Å²) in [4.78, 5) is 0. The van der Waals surface area contributed by atoms with E-state index in [1.807, 2.05) is 25.1 Å². The molecule has 0 amide bonds. The SMILES string of the molecule is CCNC(c1ccc(F)cc1)c1cccc2c1OCCO2. The maximum Gasteiger partial charge on any atom is 0.166 e. The molecule has 3 rings (SSSR count). The van der Waals surface area contributed by atoms with E-state index in [2.05, 4.69) is 5.32 Å².